The van der Waals surface area contributed by atoms with Gasteiger partial charge in [0.1, 0.15) is 0 Å². The summed E-state index contributed by atoms with van der Waals surface area (Å²) in [6.45, 7) is 4.16. The van der Waals surface area contributed by atoms with E-state index in [0.29, 0.717) is 11.5 Å². The quantitative estimate of drug-likeness (QED) is 0.844. The maximum atomic E-state index is 11.0. The molecule has 2 heterocycles. The first kappa shape index (κ1) is 10.6. The number of hydrogen-bond donors (Lipinski definition) is 1. The molecule has 0 unspecified atom stereocenters. The number of amides is 1. The SMILES string of the molecule is CC[C@H](C)c1ncc2cc(C(N)=O)cn2n1. The maximum Gasteiger partial charge on any atom is 0.250 e. The Morgan fingerprint density at radius 2 is 2.38 bits per heavy atom. The second kappa shape index (κ2) is 3.92. The van der Waals surface area contributed by atoms with Crippen molar-refractivity contribution < 1.29 is 4.79 Å². The predicted molar refractivity (Wildman–Crippen MR) is 60.2 cm³/mol. The van der Waals surface area contributed by atoms with Gasteiger partial charge in [0.15, 0.2) is 5.82 Å². The molecule has 2 N–H and O–H groups in total. The first-order chi connectivity index (χ1) is 7.61. The first-order valence-corrected chi connectivity index (χ1v) is 5.27. The molecular formula is C11H14N4O. The third-order valence-corrected chi connectivity index (χ3v) is 2.71. The second-order valence-corrected chi connectivity index (χ2v) is 3.89. The lowest BCUT2D eigenvalue weighted by Gasteiger charge is -2.06. The van der Waals surface area contributed by atoms with Gasteiger partial charge in [0, 0.05) is 12.1 Å². The van der Waals surface area contributed by atoms with Crippen LogP contribution in [0.4, 0.5) is 0 Å². The molecule has 1 amide bonds. The summed E-state index contributed by atoms with van der Waals surface area (Å²) in [5.74, 6) is 0.640. The monoisotopic (exact) mass is 218 g/mol. The zero-order valence-electron chi connectivity index (χ0n) is 9.34. The minimum absolute atomic E-state index is 0.309. The number of hydrogen-bond acceptors (Lipinski definition) is 3. The number of carbonyl (C=O) groups excluding carboxylic acids is 1. The zero-order chi connectivity index (χ0) is 11.7. The highest BCUT2D eigenvalue weighted by Crippen LogP contribution is 2.15. The lowest BCUT2D eigenvalue weighted by Crippen LogP contribution is -2.09. The molecule has 2 aromatic heterocycles. The number of aromatic nitrogens is 3. The van der Waals surface area contributed by atoms with Gasteiger partial charge in [0.2, 0.25) is 5.91 Å². The Bertz CT molecular complexity index is 532. The highest BCUT2D eigenvalue weighted by atomic mass is 16.1. The Labute approximate surface area is 93.3 Å². The van der Waals surface area contributed by atoms with Crippen LogP contribution in [0.2, 0.25) is 0 Å². The molecule has 2 rings (SSSR count). The number of nitrogens with two attached hydrogens (primary N) is 1. The second-order valence-electron chi connectivity index (χ2n) is 3.89. The third kappa shape index (κ3) is 1.76. The molecule has 84 valence electrons. The Hall–Kier alpha value is -1.91. The van der Waals surface area contributed by atoms with E-state index in [4.69, 9.17) is 5.73 Å². The minimum Gasteiger partial charge on any atom is -0.366 e. The van der Waals surface area contributed by atoms with Gasteiger partial charge in [-0.05, 0) is 12.5 Å². The summed E-state index contributed by atoms with van der Waals surface area (Å²) in [6.07, 6.45) is 4.32. The van der Waals surface area contributed by atoms with Crippen LogP contribution in [0, 0.1) is 0 Å². The fourth-order valence-electron chi connectivity index (χ4n) is 1.46. The van der Waals surface area contributed by atoms with Gasteiger partial charge < -0.3 is 5.73 Å². The zero-order valence-corrected chi connectivity index (χ0v) is 9.34. The third-order valence-electron chi connectivity index (χ3n) is 2.71. The minimum atomic E-state index is -0.449. The molecule has 16 heavy (non-hydrogen) atoms. The van der Waals surface area contributed by atoms with Crippen molar-refractivity contribution in [2.75, 3.05) is 0 Å². The molecule has 0 aliphatic heterocycles. The number of fused-ring (bicyclic) bond motifs is 1. The van der Waals surface area contributed by atoms with Crippen molar-refractivity contribution in [2.24, 2.45) is 5.73 Å². The van der Waals surface area contributed by atoms with Crippen molar-refractivity contribution in [1.29, 1.82) is 0 Å². The lowest BCUT2D eigenvalue weighted by atomic mass is 10.1. The van der Waals surface area contributed by atoms with Crippen LogP contribution in [0.25, 0.3) is 5.52 Å². The van der Waals surface area contributed by atoms with Crippen molar-refractivity contribution in [1.82, 2.24) is 14.6 Å². The average molecular weight is 218 g/mol. The van der Waals surface area contributed by atoms with Crippen LogP contribution >= 0.6 is 0 Å². The Morgan fingerprint density at radius 3 is 3.00 bits per heavy atom. The maximum absolute atomic E-state index is 11.0. The largest absolute Gasteiger partial charge is 0.366 e. The molecule has 0 fully saturated rings. The standard InChI is InChI=1S/C11H14N4O/c1-3-7(2)11-13-5-9-4-8(10(12)16)6-15(9)14-11/h4-7H,3H2,1-2H3,(H2,12,16)/t7-/m0/s1. The van der Waals surface area contributed by atoms with E-state index in [0.717, 1.165) is 17.8 Å². The van der Waals surface area contributed by atoms with E-state index in [-0.39, 0.29) is 0 Å². The van der Waals surface area contributed by atoms with E-state index >= 15 is 0 Å². The highest BCUT2D eigenvalue weighted by Gasteiger charge is 2.10. The number of carbonyl (C=O) groups is 1. The lowest BCUT2D eigenvalue weighted by molar-refractivity contribution is 0.100. The molecule has 0 bridgehead atoms. The van der Waals surface area contributed by atoms with Crippen LogP contribution in [0.1, 0.15) is 42.4 Å². The van der Waals surface area contributed by atoms with Crippen molar-refractivity contribution in [3.8, 4) is 0 Å². The summed E-state index contributed by atoms with van der Waals surface area (Å²) in [5.41, 5.74) is 6.43. The van der Waals surface area contributed by atoms with Gasteiger partial charge >= 0.3 is 0 Å². The summed E-state index contributed by atoms with van der Waals surface area (Å²) in [4.78, 5) is 15.3. The van der Waals surface area contributed by atoms with Crippen molar-refractivity contribution in [2.45, 2.75) is 26.2 Å². The molecular weight excluding hydrogens is 204 g/mol. The number of nitrogens with zero attached hydrogens (tertiary/aromatic N) is 3. The van der Waals surface area contributed by atoms with E-state index in [1.807, 2.05) is 0 Å². The van der Waals surface area contributed by atoms with E-state index in [9.17, 15) is 4.79 Å². The van der Waals surface area contributed by atoms with Gasteiger partial charge in [-0.15, -0.1) is 0 Å². The summed E-state index contributed by atoms with van der Waals surface area (Å²) in [5, 5.41) is 4.35. The van der Waals surface area contributed by atoms with Gasteiger partial charge in [-0.1, -0.05) is 13.8 Å². The molecule has 0 saturated heterocycles. The molecule has 0 aliphatic carbocycles. The number of rotatable bonds is 3. The van der Waals surface area contributed by atoms with Crippen LogP contribution in [0.5, 0.6) is 0 Å². The van der Waals surface area contributed by atoms with Crippen molar-refractivity contribution in [3.63, 3.8) is 0 Å². The molecule has 0 aromatic carbocycles. The van der Waals surface area contributed by atoms with Crippen LogP contribution in [0.3, 0.4) is 0 Å². The first-order valence-electron chi connectivity index (χ1n) is 5.27. The molecule has 0 aliphatic rings. The fraction of sp³-hybridized carbons (Fsp3) is 0.364. The predicted octanol–water partition coefficient (Wildman–Crippen LogP) is 1.34. The van der Waals surface area contributed by atoms with E-state index < -0.39 is 5.91 Å². The van der Waals surface area contributed by atoms with Gasteiger partial charge in [-0.25, -0.2) is 9.50 Å². The van der Waals surface area contributed by atoms with Gasteiger partial charge in [-0.3, -0.25) is 4.79 Å². The average Bonchev–Trinajstić information content (AvgIpc) is 2.70. The summed E-state index contributed by atoms with van der Waals surface area (Å²) < 4.78 is 1.65. The Kier molecular flexibility index (Phi) is 2.60. The Morgan fingerprint density at radius 1 is 1.62 bits per heavy atom. The molecule has 0 radical (unpaired) electrons. The smallest absolute Gasteiger partial charge is 0.250 e. The van der Waals surface area contributed by atoms with Crippen LogP contribution < -0.4 is 5.73 Å². The molecule has 5 heteroatoms. The molecule has 5 nitrogen and oxygen atoms in total. The molecule has 1 atom stereocenters. The highest BCUT2D eigenvalue weighted by molar-refractivity contribution is 5.94. The van der Waals surface area contributed by atoms with E-state index in [1.165, 1.54) is 0 Å². The van der Waals surface area contributed by atoms with Crippen molar-refractivity contribution in [3.05, 3.63) is 29.8 Å². The van der Waals surface area contributed by atoms with Gasteiger partial charge in [-0.2, -0.15) is 5.10 Å². The van der Waals surface area contributed by atoms with Crippen molar-refractivity contribution >= 4 is 11.4 Å². The van der Waals surface area contributed by atoms with Gasteiger partial charge in [0.25, 0.3) is 0 Å². The normalized spacial score (nSPS) is 12.9. The molecule has 0 spiro atoms. The Balaban J connectivity index is 2.49. The summed E-state index contributed by atoms with van der Waals surface area (Å²) in [7, 11) is 0. The van der Waals surface area contributed by atoms with Crippen LogP contribution in [0.15, 0.2) is 18.5 Å². The molecule has 2 aromatic rings. The van der Waals surface area contributed by atoms with Gasteiger partial charge in [0.05, 0.1) is 17.3 Å². The van der Waals surface area contributed by atoms with Crippen LogP contribution in [-0.2, 0) is 0 Å². The summed E-state index contributed by atoms with van der Waals surface area (Å²) >= 11 is 0. The fourth-order valence-corrected chi connectivity index (χ4v) is 1.46. The van der Waals surface area contributed by atoms with E-state index in [2.05, 4.69) is 23.9 Å². The summed E-state index contributed by atoms with van der Waals surface area (Å²) in [6, 6.07) is 1.68. The van der Waals surface area contributed by atoms with E-state index in [1.54, 1.807) is 23.0 Å². The van der Waals surface area contributed by atoms with Crippen LogP contribution in [-0.4, -0.2) is 20.5 Å². The topological polar surface area (TPSA) is 73.3 Å². The number of primary amides is 1. The molecule has 0 saturated carbocycles.